The molecule has 0 aromatic rings. The molecule has 2 fully saturated rings. The van der Waals surface area contributed by atoms with Crippen molar-refractivity contribution in [1.82, 2.24) is 5.32 Å². The summed E-state index contributed by atoms with van der Waals surface area (Å²) < 4.78 is 44.3. The summed E-state index contributed by atoms with van der Waals surface area (Å²) in [4.78, 5) is 11.9. The lowest BCUT2D eigenvalue weighted by Crippen LogP contribution is -2.48. The summed E-state index contributed by atoms with van der Waals surface area (Å²) in [7, 11) is 0. The third-order valence-electron chi connectivity index (χ3n) is 3.91. The van der Waals surface area contributed by atoms with Crippen molar-refractivity contribution in [2.45, 2.75) is 50.8 Å². The van der Waals surface area contributed by atoms with Crippen LogP contribution in [0.4, 0.5) is 13.2 Å². The van der Waals surface area contributed by atoms with Crippen molar-refractivity contribution in [3.8, 4) is 0 Å². The van der Waals surface area contributed by atoms with Gasteiger partial charge in [-0.1, -0.05) is 6.42 Å². The van der Waals surface area contributed by atoms with Crippen LogP contribution in [0, 0.1) is 5.41 Å². The molecule has 0 aromatic carbocycles. The number of ether oxygens (including phenoxy) is 1. The third kappa shape index (κ3) is 2.48. The van der Waals surface area contributed by atoms with E-state index in [-0.39, 0.29) is 25.6 Å². The Balaban J connectivity index is 2.04. The van der Waals surface area contributed by atoms with E-state index in [0.29, 0.717) is 12.8 Å². The molecular weight excluding hydrogens is 247 g/mol. The fraction of sp³-hybridized carbons (Fsp3) is 0.917. The second kappa shape index (κ2) is 5.07. The minimum absolute atomic E-state index is 0.208. The average Bonchev–Trinajstić information content (AvgIpc) is 2.80. The molecule has 104 valence electrons. The molecule has 1 atom stereocenters. The van der Waals surface area contributed by atoms with Gasteiger partial charge in [-0.3, -0.25) is 4.79 Å². The van der Waals surface area contributed by atoms with Gasteiger partial charge in [-0.25, -0.2) is 0 Å². The highest BCUT2D eigenvalue weighted by Gasteiger charge is 2.62. The first-order valence-corrected chi connectivity index (χ1v) is 6.44. The molecule has 6 heteroatoms. The molecule has 1 saturated carbocycles. The van der Waals surface area contributed by atoms with Crippen molar-refractivity contribution >= 4 is 5.97 Å². The maximum Gasteiger partial charge on any atom is 0.406 e. The van der Waals surface area contributed by atoms with Gasteiger partial charge in [-0.05, 0) is 38.6 Å². The number of esters is 1. The maximum atomic E-state index is 13.1. The van der Waals surface area contributed by atoms with Crippen molar-refractivity contribution < 1.29 is 22.7 Å². The van der Waals surface area contributed by atoms with Gasteiger partial charge in [-0.15, -0.1) is 0 Å². The Hall–Kier alpha value is -0.780. The molecular formula is C12H18F3NO2. The topological polar surface area (TPSA) is 38.3 Å². The Bertz CT molecular complexity index is 305. The van der Waals surface area contributed by atoms with Gasteiger partial charge in [0.05, 0.1) is 0 Å². The first kappa shape index (κ1) is 13.6. The molecule has 3 nitrogen and oxygen atoms in total. The SMILES string of the molecule is O=C(OC1CCCCC1)C1(C(F)(F)F)CCNC1. The summed E-state index contributed by atoms with van der Waals surface area (Å²) in [5, 5.41) is 2.62. The summed E-state index contributed by atoms with van der Waals surface area (Å²) >= 11 is 0. The lowest BCUT2D eigenvalue weighted by atomic mass is 9.86. The molecule has 0 amide bonds. The van der Waals surface area contributed by atoms with Crippen molar-refractivity contribution in [3.05, 3.63) is 0 Å². The fourth-order valence-electron chi connectivity index (χ4n) is 2.67. The molecule has 0 bridgehead atoms. The van der Waals surface area contributed by atoms with E-state index < -0.39 is 17.6 Å². The van der Waals surface area contributed by atoms with Crippen LogP contribution in [-0.4, -0.2) is 31.3 Å². The summed E-state index contributed by atoms with van der Waals surface area (Å²) in [5.41, 5.74) is -2.33. The van der Waals surface area contributed by atoms with Crippen molar-refractivity contribution in [3.63, 3.8) is 0 Å². The number of nitrogens with one attached hydrogen (secondary N) is 1. The first-order chi connectivity index (χ1) is 8.46. The van der Waals surface area contributed by atoms with Gasteiger partial charge >= 0.3 is 12.1 Å². The van der Waals surface area contributed by atoms with Crippen LogP contribution < -0.4 is 5.32 Å². The summed E-state index contributed by atoms with van der Waals surface area (Å²) in [6, 6.07) is 0. The average molecular weight is 265 g/mol. The lowest BCUT2D eigenvalue weighted by molar-refractivity contribution is -0.232. The molecule has 1 saturated heterocycles. The Morgan fingerprint density at radius 3 is 2.39 bits per heavy atom. The number of alkyl halides is 3. The minimum Gasteiger partial charge on any atom is -0.462 e. The Morgan fingerprint density at radius 2 is 1.89 bits per heavy atom. The molecule has 1 N–H and O–H groups in total. The number of carbonyl (C=O) groups is 1. The predicted octanol–water partition coefficient (Wildman–Crippen LogP) is 2.40. The van der Waals surface area contributed by atoms with Crippen molar-refractivity contribution in [2.24, 2.45) is 5.41 Å². The number of hydrogen-bond donors (Lipinski definition) is 1. The Labute approximate surface area is 104 Å². The van der Waals surface area contributed by atoms with Gasteiger partial charge < -0.3 is 10.1 Å². The quantitative estimate of drug-likeness (QED) is 0.779. The Kier molecular flexibility index (Phi) is 3.84. The largest absolute Gasteiger partial charge is 0.462 e. The van der Waals surface area contributed by atoms with E-state index in [1.165, 1.54) is 0 Å². The predicted molar refractivity (Wildman–Crippen MR) is 58.9 cm³/mol. The molecule has 18 heavy (non-hydrogen) atoms. The highest BCUT2D eigenvalue weighted by Crippen LogP contribution is 2.44. The maximum absolute atomic E-state index is 13.1. The van der Waals surface area contributed by atoms with Crippen LogP contribution in [0.5, 0.6) is 0 Å². The van der Waals surface area contributed by atoms with Crippen LogP contribution in [0.3, 0.4) is 0 Å². The normalized spacial score (nSPS) is 30.4. The molecule has 0 aromatic heterocycles. The van der Waals surface area contributed by atoms with Crippen LogP contribution in [0.25, 0.3) is 0 Å². The van der Waals surface area contributed by atoms with Crippen molar-refractivity contribution in [1.29, 1.82) is 0 Å². The minimum atomic E-state index is -4.54. The zero-order valence-corrected chi connectivity index (χ0v) is 10.2. The van der Waals surface area contributed by atoms with Gasteiger partial charge in [0, 0.05) is 6.54 Å². The zero-order chi connectivity index (χ0) is 13.2. The van der Waals surface area contributed by atoms with E-state index in [1.807, 2.05) is 0 Å². The summed E-state index contributed by atoms with van der Waals surface area (Å²) in [5.74, 6) is -1.09. The van der Waals surface area contributed by atoms with Crippen LogP contribution in [-0.2, 0) is 9.53 Å². The monoisotopic (exact) mass is 265 g/mol. The van der Waals surface area contributed by atoms with Crippen LogP contribution in [0.15, 0.2) is 0 Å². The molecule has 0 spiro atoms. The lowest BCUT2D eigenvalue weighted by Gasteiger charge is -2.31. The van der Waals surface area contributed by atoms with E-state index >= 15 is 0 Å². The van der Waals surface area contributed by atoms with Crippen molar-refractivity contribution in [2.75, 3.05) is 13.1 Å². The second-order valence-corrected chi connectivity index (χ2v) is 5.17. The van der Waals surface area contributed by atoms with E-state index in [0.717, 1.165) is 19.3 Å². The summed E-state index contributed by atoms with van der Waals surface area (Å²) in [6.45, 7) is -0.151. The number of carbonyl (C=O) groups excluding carboxylic acids is 1. The van der Waals surface area contributed by atoms with E-state index in [4.69, 9.17) is 4.74 Å². The second-order valence-electron chi connectivity index (χ2n) is 5.17. The van der Waals surface area contributed by atoms with Crippen LogP contribution in [0.1, 0.15) is 38.5 Å². The van der Waals surface area contributed by atoms with Gasteiger partial charge in [0.2, 0.25) is 0 Å². The highest BCUT2D eigenvalue weighted by molar-refractivity contribution is 5.79. The van der Waals surface area contributed by atoms with E-state index in [9.17, 15) is 18.0 Å². The third-order valence-corrected chi connectivity index (χ3v) is 3.91. The smallest absolute Gasteiger partial charge is 0.406 e. The summed E-state index contributed by atoms with van der Waals surface area (Å²) in [6.07, 6.45) is -0.791. The van der Waals surface area contributed by atoms with Crippen LogP contribution in [0.2, 0.25) is 0 Å². The van der Waals surface area contributed by atoms with Gasteiger partial charge in [0.15, 0.2) is 5.41 Å². The van der Waals surface area contributed by atoms with Gasteiger partial charge in [0.1, 0.15) is 6.10 Å². The molecule has 2 rings (SSSR count). The standard InChI is InChI=1S/C12H18F3NO2/c13-12(14,15)11(6-7-16-8-11)10(17)18-9-4-2-1-3-5-9/h9,16H,1-8H2. The van der Waals surface area contributed by atoms with Gasteiger partial charge in [0.25, 0.3) is 0 Å². The molecule has 2 aliphatic rings. The Morgan fingerprint density at radius 1 is 1.22 bits per heavy atom. The molecule has 1 heterocycles. The fourth-order valence-corrected chi connectivity index (χ4v) is 2.67. The van der Waals surface area contributed by atoms with E-state index in [2.05, 4.69) is 5.32 Å². The van der Waals surface area contributed by atoms with E-state index in [1.54, 1.807) is 0 Å². The van der Waals surface area contributed by atoms with Gasteiger partial charge in [-0.2, -0.15) is 13.2 Å². The number of halogens is 3. The molecule has 1 unspecified atom stereocenters. The number of rotatable bonds is 2. The molecule has 1 aliphatic heterocycles. The first-order valence-electron chi connectivity index (χ1n) is 6.44. The highest BCUT2D eigenvalue weighted by atomic mass is 19.4. The molecule has 0 radical (unpaired) electrons. The molecule has 1 aliphatic carbocycles. The number of hydrogen-bond acceptors (Lipinski definition) is 3. The zero-order valence-electron chi connectivity index (χ0n) is 10.2. The van der Waals surface area contributed by atoms with Crippen LogP contribution >= 0.6 is 0 Å².